The summed E-state index contributed by atoms with van der Waals surface area (Å²) in [6.07, 6.45) is 5.30. The molecule has 0 bridgehead atoms. The van der Waals surface area contributed by atoms with Gasteiger partial charge in [0.05, 0.1) is 0 Å². The van der Waals surface area contributed by atoms with Crippen molar-refractivity contribution in [3.05, 3.63) is 60.7 Å². The van der Waals surface area contributed by atoms with Crippen LogP contribution in [0.2, 0.25) is 0 Å². The summed E-state index contributed by atoms with van der Waals surface area (Å²) in [7, 11) is 0. The van der Waals surface area contributed by atoms with E-state index in [1.54, 1.807) is 12.2 Å². The van der Waals surface area contributed by atoms with Crippen LogP contribution < -0.4 is 0 Å². The molecule has 0 fully saturated rings. The summed E-state index contributed by atoms with van der Waals surface area (Å²) >= 11 is 0. The molecular weight excluding hydrogens is 144 g/mol. The van der Waals surface area contributed by atoms with Crippen molar-refractivity contribution in [3.63, 3.8) is 0 Å². The van der Waals surface area contributed by atoms with Crippen molar-refractivity contribution in [2.24, 2.45) is 0 Å². The van der Waals surface area contributed by atoms with Crippen LogP contribution in [0, 0.1) is 11.8 Å². The van der Waals surface area contributed by atoms with E-state index in [0.717, 1.165) is 5.56 Å². The Balaban J connectivity index is 2.67. The van der Waals surface area contributed by atoms with Crippen LogP contribution in [0.4, 0.5) is 0 Å². The van der Waals surface area contributed by atoms with Gasteiger partial charge in [-0.15, -0.1) is 0 Å². The van der Waals surface area contributed by atoms with Gasteiger partial charge in [0.25, 0.3) is 0 Å². The van der Waals surface area contributed by atoms with Crippen LogP contribution in [-0.4, -0.2) is 0 Å². The smallest absolute Gasteiger partial charge is 0.0248 e. The molecule has 1 aromatic rings. The maximum Gasteiger partial charge on any atom is 0.0248 e. The normalized spacial score (nSPS) is 9.00. The first-order chi connectivity index (χ1) is 5.93. The first-order valence-corrected chi connectivity index (χ1v) is 3.77. The molecule has 0 aliphatic carbocycles. The second-order valence-corrected chi connectivity index (χ2v) is 2.23. The fraction of sp³-hybridized carbons (Fsp3) is 0. The Hall–Kier alpha value is -1.74. The monoisotopic (exact) mass is 154 g/mol. The molecule has 0 aliphatic rings. The summed E-state index contributed by atoms with van der Waals surface area (Å²) in [5, 5.41) is 0. The molecule has 1 aromatic carbocycles. The van der Waals surface area contributed by atoms with E-state index in [1.165, 1.54) is 0 Å². The Morgan fingerprint density at radius 2 is 1.92 bits per heavy atom. The van der Waals surface area contributed by atoms with E-state index in [9.17, 15) is 0 Å². The van der Waals surface area contributed by atoms with Crippen LogP contribution >= 0.6 is 0 Å². The zero-order chi connectivity index (χ0) is 8.65. The maximum atomic E-state index is 3.55. The van der Waals surface area contributed by atoms with E-state index in [0.29, 0.717) is 0 Å². The highest BCUT2D eigenvalue weighted by Gasteiger charge is 1.78. The highest BCUT2D eigenvalue weighted by molar-refractivity contribution is 5.36. The minimum atomic E-state index is 1.03. The SMILES string of the molecule is C=C/C=C\C#Cc1ccccc1. The molecule has 0 heterocycles. The van der Waals surface area contributed by atoms with E-state index in [-0.39, 0.29) is 0 Å². The lowest BCUT2D eigenvalue weighted by atomic mass is 10.2. The van der Waals surface area contributed by atoms with Crippen molar-refractivity contribution in [3.8, 4) is 11.8 Å². The number of hydrogen-bond acceptors (Lipinski definition) is 0. The summed E-state index contributed by atoms with van der Waals surface area (Å²) in [5.41, 5.74) is 1.03. The van der Waals surface area contributed by atoms with Crippen molar-refractivity contribution in [1.82, 2.24) is 0 Å². The van der Waals surface area contributed by atoms with Crippen LogP contribution in [0.25, 0.3) is 0 Å². The third-order valence-corrected chi connectivity index (χ3v) is 1.31. The largest absolute Gasteiger partial charge is 0.0990 e. The quantitative estimate of drug-likeness (QED) is 0.431. The molecule has 0 atom stereocenters. The topological polar surface area (TPSA) is 0 Å². The Kier molecular flexibility index (Phi) is 3.47. The molecule has 0 heteroatoms. The summed E-state index contributed by atoms with van der Waals surface area (Å²) < 4.78 is 0. The van der Waals surface area contributed by atoms with Crippen molar-refractivity contribution < 1.29 is 0 Å². The Labute approximate surface area is 73.2 Å². The molecule has 0 aromatic heterocycles. The van der Waals surface area contributed by atoms with E-state index in [2.05, 4.69) is 18.4 Å². The molecule has 0 nitrogen and oxygen atoms in total. The molecule has 12 heavy (non-hydrogen) atoms. The molecular formula is C12H10. The molecule has 0 amide bonds. The number of allylic oxidation sites excluding steroid dienone is 3. The summed E-state index contributed by atoms with van der Waals surface area (Å²) in [6.45, 7) is 3.55. The van der Waals surface area contributed by atoms with Gasteiger partial charge in [0, 0.05) is 5.56 Å². The molecule has 58 valence electrons. The van der Waals surface area contributed by atoms with Gasteiger partial charge in [-0.3, -0.25) is 0 Å². The molecule has 1 rings (SSSR count). The lowest BCUT2D eigenvalue weighted by molar-refractivity contribution is 1.65. The van der Waals surface area contributed by atoms with Gasteiger partial charge >= 0.3 is 0 Å². The predicted octanol–water partition coefficient (Wildman–Crippen LogP) is 2.78. The van der Waals surface area contributed by atoms with Gasteiger partial charge in [-0.25, -0.2) is 0 Å². The van der Waals surface area contributed by atoms with Crippen LogP contribution in [0.5, 0.6) is 0 Å². The number of benzene rings is 1. The van der Waals surface area contributed by atoms with Gasteiger partial charge in [-0.1, -0.05) is 48.8 Å². The predicted molar refractivity (Wildman–Crippen MR) is 52.7 cm³/mol. The summed E-state index contributed by atoms with van der Waals surface area (Å²) in [6, 6.07) is 9.89. The van der Waals surface area contributed by atoms with Crippen LogP contribution in [0.15, 0.2) is 55.1 Å². The van der Waals surface area contributed by atoms with Crippen LogP contribution in [-0.2, 0) is 0 Å². The maximum absolute atomic E-state index is 3.55. The lowest BCUT2D eigenvalue weighted by Gasteiger charge is -1.83. The third kappa shape index (κ3) is 2.90. The number of hydrogen-bond donors (Lipinski definition) is 0. The van der Waals surface area contributed by atoms with Crippen molar-refractivity contribution in [1.29, 1.82) is 0 Å². The average Bonchev–Trinajstić information content (AvgIpc) is 2.14. The molecule has 0 radical (unpaired) electrons. The molecule has 0 spiro atoms. The zero-order valence-electron chi connectivity index (χ0n) is 6.83. The van der Waals surface area contributed by atoms with Crippen molar-refractivity contribution in [2.75, 3.05) is 0 Å². The van der Waals surface area contributed by atoms with Gasteiger partial charge in [-0.05, 0) is 18.2 Å². The second-order valence-electron chi connectivity index (χ2n) is 2.23. The molecule has 0 saturated heterocycles. The third-order valence-electron chi connectivity index (χ3n) is 1.31. The second kappa shape index (κ2) is 4.98. The summed E-state index contributed by atoms with van der Waals surface area (Å²) in [5.74, 6) is 5.90. The highest BCUT2D eigenvalue weighted by atomic mass is 13.8. The van der Waals surface area contributed by atoms with Crippen molar-refractivity contribution >= 4 is 0 Å². The fourth-order valence-electron chi connectivity index (χ4n) is 0.763. The van der Waals surface area contributed by atoms with Gasteiger partial charge < -0.3 is 0 Å². The van der Waals surface area contributed by atoms with E-state index < -0.39 is 0 Å². The minimum absolute atomic E-state index is 1.03. The first kappa shape index (κ1) is 8.36. The Morgan fingerprint density at radius 3 is 2.58 bits per heavy atom. The molecule has 0 N–H and O–H groups in total. The lowest BCUT2D eigenvalue weighted by Crippen LogP contribution is -1.68. The molecule has 0 aliphatic heterocycles. The standard InChI is InChI=1S/C12H10/c1-2-3-4-6-9-12-10-7-5-8-11-12/h2-5,7-8,10-11H,1H2/b4-3-. The Morgan fingerprint density at radius 1 is 1.17 bits per heavy atom. The van der Waals surface area contributed by atoms with Gasteiger partial charge in [0.1, 0.15) is 0 Å². The van der Waals surface area contributed by atoms with Gasteiger partial charge in [0.2, 0.25) is 0 Å². The van der Waals surface area contributed by atoms with E-state index in [1.807, 2.05) is 36.4 Å². The van der Waals surface area contributed by atoms with Gasteiger partial charge in [0.15, 0.2) is 0 Å². The highest BCUT2D eigenvalue weighted by Crippen LogP contribution is 1.94. The van der Waals surface area contributed by atoms with Gasteiger partial charge in [-0.2, -0.15) is 0 Å². The fourth-order valence-corrected chi connectivity index (χ4v) is 0.763. The summed E-state index contributed by atoms with van der Waals surface area (Å²) in [4.78, 5) is 0. The van der Waals surface area contributed by atoms with E-state index >= 15 is 0 Å². The first-order valence-electron chi connectivity index (χ1n) is 3.77. The molecule has 0 unspecified atom stereocenters. The average molecular weight is 154 g/mol. The number of rotatable bonds is 1. The van der Waals surface area contributed by atoms with E-state index in [4.69, 9.17) is 0 Å². The molecule has 0 saturated carbocycles. The van der Waals surface area contributed by atoms with Crippen LogP contribution in [0.1, 0.15) is 5.56 Å². The van der Waals surface area contributed by atoms with Crippen molar-refractivity contribution in [2.45, 2.75) is 0 Å². The zero-order valence-corrected chi connectivity index (χ0v) is 6.83. The minimum Gasteiger partial charge on any atom is -0.0990 e. The van der Waals surface area contributed by atoms with Crippen LogP contribution in [0.3, 0.4) is 0 Å². The Bertz CT molecular complexity index is 320.